The third-order valence-corrected chi connectivity index (χ3v) is 4.65. The number of aryl methyl sites for hydroxylation is 1. The molecule has 0 spiro atoms. The van der Waals surface area contributed by atoms with Crippen molar-refractivity contribution in [3.63, 3.8) is 0 Å². The van der Waals surface area contributed by atoms with Gasteiger partial charge in [0.25, 0.3) is 5.91 Å². The number of nitrogens with zero attached hydrogens (tertiary/aromatic N) is 2. The summed E-state index contributed by atoms with van der Waals surface area (Å²) >= 11 is 0. The summed E-state index contributed by atoms with van der Waals surface area (Å²) in [5, 5.41) is 0. The average Bonchev–Trinajstić information content (AvgIpc) is 2.63. The van der Waals surface area contributed by atoms with Crippen molar-refractivity contribution in [2.75, 3.05) is 33.3 Å². The summed E-state index contributed by atoms with van der Waals surface area (Å²) in [6, 6.07) is 15.9. The summed E-state index contributed by atoms with van der Waals surface area (Å²) in [5.74, 6) is 0.702. The molecule has 0 aliphatic carbocycles. The normalized spacial score (nSPS) is 15.3. The number of amides is 1. The lowest BCUT2D eigenvalue weighted by Gasteiger charge is -2.35. The van der Waals surface area contributed by atoms with Crippen molar-refractivity contribution >= 4 is 5.91 Å². The molecule has 24 heavy (non-hydrogen) atoms. The Balaban J connectivity index is 1.61. The maximum Gasteiger partial charge on any atom is 0.257 e. The number of piperazine rings is 1. The number of hydrogen-bond acceptors (Lipinski definition) is 3. The van der Waals surface area contributed by atoms with Crippen LogP contribution in [0.3, 0.4) is 0 Å². The molecule has 1 amide bonds. The summed E-state index contributed by atoms with van der Waals surface area (Å²) in [6.45, 7) is 6.40. The van der Waals surface area contributed by atoms with Gasteiger partial charge in [-0.15, -0.1) is 0 Å². The molecule has 0 saturated carbocycles. The lowest BCUT2D eigenvalue weighted by molar-refractivity contribution is 0.0625. The molecule has 0 unspecified atom stereocenters. The van der Waals surface area contributed by atoms with Crippen LogP contribution in [0, 0.1) is 6.92 Å². The molecular formula is C20H24N2O2. The monoisotopic (exact) mass is 324 g/mol. The smallest absolute Gasteiger partial charge is 0.257 e. The van der Waals surface area contributed by atoms with Crippen LogP contribution >= 0.6 is 0 Å². The maximum absolute atomic E-state index is 12.7. The Morgan fingerprint density at radius 2 is 1.67 bits per heavy atom. The maximum atomic E-state index is 12.7. The second-order valence-electron chi connectivity index (χ2n) is 6.20. The molecule has 4 heteroatoms. The third kappa shape index (κ3) is 3.60. The van der Waals surface area contributed by atoms with Crippen molar-refractivity contribution < 1.29 is 9.53 Å². The average molecular weight is 324 g/mol. The highest BCUT2D eigenvalue weighted by Gasteiger charge is 2.24. The number of hydrogen-bond donors (Lipinski definition) is 0. The van der Waals surface area contributed by atoms with Crippen LogP contribution < -0.4 is 4.74 Å². The standard InChI is InChI=1S/C20H24N2O2/c1-16-7-3-4-8-17(16)15-21-11-13-22(14-12-21)20(23)18-9-5-6-10-19(18)24-2/h3-10H,11-15H2,1-2H3. The first kappa shape index (κ1) is 16.5. The van der Waals surface area contributed by atoms with Gasteiger partial charge in [-0.2, -0.15) is 0 Å². The second-order valence-corrected chi connectivity index (χ2v) is 6.20. The van der Waals surface area contributed by atoms with E-state index in [4.69, 9.17) is 4.74 Å². The molecule has 126 valence electrons. The van der Waals surface area contributed by atoms with Crippen LogP contribution in [0.4, 0.5) is 0 Å². The molecule has 2 aromatic carbocycles. The number of para-hydroxylation sites is 1. The van der Waals surface area contributed by atoms with Gasteiger partial charge in [0.15, 0.2) is 0 Å². The summed E-state index contributed by atoms with van der Waals surface area (Å²) in [4.78, 5) is 17.1. The Labute approximate surface area is 143 Å². The van der Waals surface area contributed by atoms with Crippen molar-refractivity contribution in [1.29, 1.82) is 0 Å². The van der Waals surface area contributed by atoms with Crippen molar-refractivity contribution in [1.82, 2.24) is 9.80 Å². The van der Waals surface area contributed by atoms with Crippen LogP contribution in [0.15, 0.2) is 48.5 Å². The van der Waals surface area contributed by atoms with Crippen LogP contribution in [0.25, 0.3) is 0 Å². The van der Waals surface area contributed by atoms with Gasteiger partial charge in [-0.1, -0.05) is 36.4 Å². The summed E-state index contributed by atoms with van der Waals surface area (Å²) in [6.07, 6.45) is 0. The van der Waals surface area contributed by atoms with Gasteiger partial charge in [0.05, 0.1) is 12.7 Å². The zero-order valence-corrected chi connectivity index (χ0v) is 14.4. The molecule has 1 aliphatic heterocycles. The Hall–Kier alpha value is -2.33. The molecule has 0 bridgehead atoms. The largest absolute Gasteiger partial charge is 0.496 e. The van der Waals surface area contributed by atoms with Gasteiger partial charge in [-0.3, -0.25) is 9.69 Å². The third-order valence-electron chi connectivity index (χ3n) is 4.65. The number of rotatable bonds is 4. The highest BCUT2D eigenvalue weighted by Crippen LogP contribution is 2.20. The van der Waals surface area contributed by atoms with Crippen LogP contribution in [-0.2, 0) is 6.54 Å². The topological polar surface area (TPSA) is 32.8 Å². The first-order valence-electron chi connectivity index (χ1n) is 8.38. The first-order chi connectivity index (χ1) is 11.7. The minimum atomic E-state index is 0.0583. The number of ether oxygens (including phenoxy) is 1. The molecule has 1 heterocycles. The highest BCUT2D eigenvalue weighted by molar-refractivity contribution is 5.97. The van der Waals surface area contributed by atoms with Crippen LogP contribution in [0.1, 0.15) is 21.5 Å². The number of benzene rings is 2. The molecule has 0 atom stereocenters. The fraction of sp³-hybridized carbons (Fsp3) is 0.350. The number of methoxy groups -OCH3 is 1. The molecule has 1 fully saturated rings. The number of carbonyl (C=O) groups excluding carboxylic acids is 1. The Bertz CT molecular complexity index is 706. The van der Waals surface area contributed by atoms with Gasteiger partial charge in [0.2, 0.25) is 0 Å². The highest BCUT2D eigenvalue weighted by atomic mass is 16.5. The Morgan fingerprint density at radius 3 is 2.38 bits per heavy atom. The van der Waals surface area contributed by atoms with E-state index in [9.17, 15) is 4.79 Å². The van der Waals surface area contributed by atoms with E-state index in [1.54, 1.807) is 7.11 Å². The van der Waals surface area contributed by atoms with Gasteiger partial charge in [0, 0.05) is 32.7 Å². The van der Waals surface area contributed by atoms with Crippen molar-refractivity contribution in [3.8, 4) is 5.75 Å². The van der Waals surface area contributed by atoms with Gasteiger partial charge < -0.3 is 9.64 Å². The van der Waals surface area contributed by atoms with Crippen LogP contribution in [0.2, 0.25) is 0 Å². The summed E-state index contributed by atoms with van der Waals surface area (Å²) in [5.41, 5.74) is 3.33. The lowest BCUT2D eigenvalue weighted by Crippen LogP contribution is -2.48. The fourth-order valence-electron chi connectivity index (χ4n) is 3.13. The Kier molecular flexibility index (Phi) is 5.16. The summed E-state index contributed by atoms with van der Waals surface area (Å²) < 4.78 is 5.31. The van der Waals surface area contributed by atoms with Gasteiger partial charge in [-0.25, -0.2) is 0 Å². The quantitative estimate of drug-likeness (QED) is 0.867. The lowest BCUT2D eigenvalue weighted by atomic mass is 10.1. The van der Waals surface area contributed by atoms with E-state index in [0.717, 1.165) is 32.7 Å². The van der Waals surface area contributed by atoms with E-state index in [1.807, 2.05) is 29.2 Å². The van der Waals surface area contributed by atoms with E-state index in [-0.39, 0.29) is 5.91 Å². The SMILES string of the molecule is COc1ccccc1C(=O)N1CCN(Cc2ccccc2C)CC1. The molecular weight excluding hydrogens is 300 g/mol. The van der Waals surface area contributed by atoms with E-state index in [2.05, 4.69) is 36.1 Å². The van der Waals surface area contributed by atoms with E-state index < -0.39 is 0 Å². The fourth-order valence-corrected chi connectivity index (χ4v) is 3.13. The van der Waals surface area contributed by atoms with E-state index in [1.165, 1.54) is 11.1 Å². The zero-order valence-electron chi connectivity index (χ0n) is 14.4. The molecule has 0 radical (unpaired) electrons. The first-order valence-corrected chi connectivity index (χ1v) is 8.38. The minimum absolute atomic E-state index is 0.0583. The second kappa shape index (κ2) is 7.49. The molecule has 3 rings (SSSR count). The van der Waals surface area contributed by atoms with E-state index >= 15 is 0 Å². The summed E-state index contributed by atoms with van der Waals surface area (Å²) in [7, 11) is 1.60. The van der Waals surface area contributed by atoms with Gasteiger partial charge in [-0.05, 0) is 30.2 Å². The zero-order chi connectivity index (χ0) is 16.9. The molecule has 2 aromatic rings. The molecule has 0 N–H and O–H groups in total. The van der Waals surface area contributed by atoms with Crippen LogP contribution in [0.5, 0.6) is 5.75 Å². The minimum Gasteiger partial charge on any atom is -0.496 e. The van der Waals surface area contributed by atoms with Crippen molar-refractivity contribution in [2.45, 2.75) is 13.5 Å². The molecule has 1 saturated heterocycles. The van der Waals surface area contributed by atoms with E-state index in [0.29, 0.717) is 11.3 Å². The predicted molar refractivity (Wildman–Crippen MR) is 95.4 cm³/mol. The molecule has 1 aliphatic rings. The predicted octanol–water partition coefficient (Wildman–Crippen LogP) is 2.96. The molecule has 4 nitrogen and oxygen atoms in total. The van der Waals surface area contributed by atoms with Crippen LogP contribution in [-0.4, -0.2) is 49.0 Å². The van der Waals surface area contributed by atoms with Gasteiger partial charge >= 0.3 is 0 Å². The van der Waals surface area contributed by atoms with Gasteiger partial charge in [0.1, 0.15) is 5.75 Å². The molecule has 0 aromatic heterocycles. The number of carbonyl (C=O) groups is 1. The van der Waals surface area contributed by atoms with Crippen molar-refractivity contribution in [2.24, 2.45) is 0 Å². The van der Waals surface area contributed by atoms with Crippen molar-refractivity contribution in [3.05, 3.63) is 65.2 Å². The Morgan fingerprint density at radius 1 is 1.00 bits per heavy atom.